The highest BCUT2D eigenvalue weighted by Crippen LogP contribution is 2.27. The Kier molecular flexibility index (Phi) is 4.90. The van der Waals surface area contributed by atoms with Crippen molar-refractivity contribution in [3.8, 4) is 0 Å². The topological polar surface area (TPSA) is 67.1 Å². The minimum atomic E-state index is 0.614. The number of hydrogen-bond donors (Lipinski definition) is 2. The fourth-order valence-electron chi connectivity index (χ4n) is 2.26. The molecule has 0 radical (unpaired) electrons. The van der Waals surface area contributed by atoms with Gasteiger partial charge in [0.25, 0.3) is 0 Å². The van der Waals surface area contributed by atoms with Crippen LogP contribution in [0.1, 0.15) is 30.1 Å². The summed E-state index contributed by atoms with van der Waals surface area (Å²) in [4.78, 5) is 4.68. The lowest BCUT2D eigenvalue weighted by Gasteiger charge is -2.12. The Bertz CT molecular complexity index is 657. The third-order valence-electron chi connectivity index (χ3n) is 4.11. The number of aryl methyl sites for hydroxylation is 1. The smallest absolute Gasteiger partial charge is 0.191 e. The molecule has 1 saturated carbocycles. The normalized spacial score (nSPS) is 14.8. The molecule has 0 aliphatic heterocycles. The Labute approximate surface area is 137 Å². The molecule has 0 spiro atoms. The van der Waals surface area contributed by atoms with Crippen molar-refractivity contribution in [2.75, 3.05) is 6.54 Å². The molecule has 1 aromatic carbocycles. The van der Waals surface area contributed by atoms with Crippen molar-refractivity contribution in [1.29, 1.82) is 0 Å². The standard InChI is InChI=1S/C17H24N6/c1-13-21-22-16(23(13)2)12-20-17(19-11-15-8-9-15)18-10-14-6-4-3-5-7-14/h3-7,15H,8-12H2,1-2H3,(H2,18,19,20). The number of rotatable bonds is 6. The number of nitrogens with one attached hydrogen (secondary N) is 2. The molecule has 2 aromatic rings. The number of benzene rings is 1. The maximum Gasteiger partial charge on any atom is 0.191 e. The summed E-state index contributed by atoms with van der Waals surface area (Å²) < 4.78 is 1.99. The first-order valence-corrected chi connectivity index (χ1v) is 8.13. The second-order valence-electron chi connectivity index (χ2n) is 6.05. The first kappa shape index (κ1) is 15.5. The van der Waals surface area contributed by atoms with Gasteiger partial charge < -0.3 is 15.2 Å². The molecule has 122 valence electrons. The van der Waals surface area contributed by atoms with E-state index in [2.05, 4.69) is 38.0 Å². The molecule has 0 amide bonds. The summed E-state index contributed by atoms with van der Waals surface area (Å²) >= 11 is 0. The van der Waals surface area contributed by atoms with Gasteiger partial charge in [0.2, 0.25) is 0 Å². The van der Waals surface area contributed by atoms with Gasteiger partial charge >= 0.3 is 0 Å². The summed E-state index contributed by atoms with van der Waals surface area (Å²) in [5.74, 6) is 3.45. The molecule has 1 heterocycles. The highest BCUT2D eigenvalue weighted by Gasteiger charge is 2.21. The van der Waals surface area contributed by atoms with Gasteiger partial charge in [-0.25, -0.2) is 4.99 Å². The fraction of sp³-hybridized carbons (Fsp3) is 0.471. The zero-order valence-electron chi connectivity index (χ0n) is 13.8. The van der Waals surface area contributed by atoms with Gasteiger partial charge in [-0.3, -0.25) is 0 Å². The Morgan fingerprint density at radius 3 is 2.65 bits per heavy atom. The van der Waals surface area contributed by atoms with E-state index in [4.69, 9.17) is 0 Å². The average Bonchev–Trinajstić information content (AvgIpc) is 3.35. The lowest BCUT2D eigenvalue weighted by atomic mass is 10.2. The third-order valence-corrected chi connectivity index (χ3v) is 4.11. The summed E-state index contributed by atoms with van der Waals surface area (Å²) in [7, 11) is 1.98. The fourth-order valence-corrected chi connectivity index (χ4v) is 2.26. The Hall–Kier alpha value is -2.37. The van der Waals surface area contributed by atoms with E-state index in [1.165, 1.54) is 18.4 Å². The van der Waals surface area contributed by atoms with E-state index in [0.717, 1.165) is 30.1 Å². The number of hydrogen-bond acceptors (Lipinski definition) is 3. The molecule has 0 unspecified atom stereocenters. The van der Waals surface area contributed by atoms with Crippen molar-refractivity contribution >= 4 is 5.96 Å². The van der Waals surface area contributed by atoms with Crippen LogP contribution in [0.5, 0.6) is 0 Å². The average molecular weight is 312 g/mol. The van der Waals surface area contributed by atoms with Gasteiger partial charge in [-0.2, -0.15) is 0 Å². The molecule has 0 saturated heterocycles. The highest BCUT2D eigenvalue weighted by molar-refractivity contribution is 5.79. The van der Waals surface area contributed by atoms with Crippen LogP contribution in [-0.4, -0.2) is 27.3 Å². The quantitative estimate of drug-likeness (QED) is 0.630. The van der Waals surface area contributed by atoms with E-state index in [1.807, 2.05) is 36.7 Å². The van der Waals surface area contributed by atoms with E-state index < -0.39 is 0 Å². The number of aromatic nitrogens is 3. The number of aliphatic imine (C=N–C) groups is 1. The van der Waals surface area contributed by atoms with Crippen molar-refractivity contribution < 1.29 is 0 Å². The predicted octanol–water partition coefficient (Wildman–Crippen LogP) is 1.77. The molecule has 1 fully saturated rings. The molecule has 2 N–H and O–H groups in total. The largest absolute Gasteiger partial charge is 0.356 e. The molecule has 1 aromatic heterocycles. The minimum Gasteiger partial charge on any atom is -0.356 e. The van der Waals surface area contributed by atoms with E-state index in [0.29, 0.717) is 13.1 Å². The van der Waals surface area contributed by atoms with E-state index >= 15 is 0 Å². The molecule has 0 atom stereocenters. The van der Waals surface area contributed by atoms with Gasteiger partial charge in [0.1, 0.15) is 5.82 Å². The zero-order valence-corrected chi connectivity index (χ0v) is 13.8. The summed E-state index contributed by atoms with van der Waals surface area (Å²) in [5, 5.41) is 15.1. The molecule has 6 heteroatoms. The lowest BCUT2D eigenvalue weighted by Crippen LogP contribution is -2.38. The van der Waals surface area contributed by atoms with Crippen molar-refractivity contribution in [2.45, 2.75) is 32.9 Å². The summed E-state index contributed by atoms with van der Waals surface area (Å²) in [5.41, 5.74) is 1.20. The molecule has 1 aliphatic rings. The van der Waals surface area contributed by atoms with Crippen molar-refractivity contribution in [2.24, 2.45) is 18.0 Å². The van der Waals surface area contributed by atoms with Crippen LogP contribution in [0.15, 0.2) is 35.3 Å². The highest BCUT2D eigenvalue weighted by atomic mass is 15.3. The number of nitrogens with zero attached hydrogens (tertiary/aromatic N) is 4. The van der Waals surface area contributed by atoms with Crippen LogP contribution in [0.3, 0.4) is 0 Å². The first-order chi connectivity index (χ1) is 11.2. The van der Waals surface area contributed by atoms with Crippen LogP contribution in [0.4, 0.5) is 0 Å². The van der Waals surface area contributed by atoms with Gasteiger partial charge in [0, 0.05) is 13.6 Å². The maximum atomic E-state index is 4.68. The molecule has 6 nitrogen and oxygen atoms in total. The second kappa shape index (κ2) is 7.26. The van der Waals surface area contributed by atoms with Gasteiger partial charge in [-0.1, -0.05) is 30.3 Å². The van der Waals surface area contributed by atoms with Gasteiger partial charge in [-0.15, -0.1) is 10.2 Å². The van der Waals surface area contributed by atoms with E-state index in [-0.39, 0.29) is 0 Å². The molecular weight excluding hydrogens is 288 g/mol. The van der Waals surface area contributed by atoms with Gasteiger partial charge in [-0.05, 0) is 31.2 Å². The van der Waals surface area contributed by atoms with Crippen molar-refractivity contribution in [3.05, 3.63) is 47.5 Å². The van der Waals surface area contributed by atoms with Crippen LogP contribution < -0.4 is 10.6 Å². The Balaban J connectivity index is 1.60. The third kappa shape index (κ3) is 4.55. The first-order valence-electron chi connectivity index (χ1n) is 8.13. The van der Waals surface area contributed by atoms with Crippen LogP contribution in [0, 0.1) is 12.8 Å². The molecule has 3 rings (SSSR count). The predicted molar refractivity (Wildman–Crippen MR) is 90.9 cm³/mol. The Morgan fingerprint density at radius 2 is 2.00 bits per heavy atom. The molecule has 1 aliphatic carbocycles. The lowest BCUT2D eigenvalue weighted by molar-refractivity contribution is 0.697. The Morgan fingerprint density at radius 1 is 1.22 bits per heavy atom. The SMILES string of the molecule is Cc1nnc(CNC(=NCc2ccccc2)NCC2CC2)n1C. The molecular formula is C17H24N6. The van der Waals surface area contributed by atoms with Crippen molar-refractivity contribution in [3.63, 3.8) is 0 Å². The zero-order chi connectivity index (χ0) is 16.1. The monoisotopic (exact) mass is 312 g/mol. The van der Waals surface area contributed by atoms with Crippen LogP contribution in [0.25, 0.3) is 0 Å². The van der Waals surface area contributed by atoms with Crippen LogP contribution in [0.2, 0.25) is 0 Å². The van der Waals surface area contributed by atoms with E-state index in [9.17, 15) is 0 Å². The maximum absolute atomic E-state index is 4.68. The van der Waals surface area contributed by atoms with E-state index in [1.54, 1.807) is 0 Å². The molecule has 23 heavy (non-hydrogen) atoms. The molecule has 0 bridgehead atoms. The van der Waals surface area contributed by atoms with Gasteiger partial charge in [0.15, 0.2) is 11.8 Å². The second-order valence-corrected chi connectivity index (χ2v) is 6.05. The summed E-state index contributed by atoms with van der Waals surface area (Å²) in [6.45, 7) is 4.21. The number of guanidine groups is 1. The summed E-state index contributed by atoms with van der Waals surface area (Å²) in [6.07, 6.45) is 2.64. The summed E-state index contributed by atoms with van der Waals surface area (Å²) in [6, 6.07) is 10.3. The minimum absolute atomic E-state index is 0.614. The van der Waals surface area contributed by atoms with Crippen LogP contribution >= 0.6 is 0 Å². The van der Waals surface area contributed by atoms with Crippen molar-refractivity contribution in [1.82, 2.24) is 25.4 Å². The van der Waals surface area contributed by atoms with Crippen LogP contribution in [-0.2, 0) is 20.1 Å². The van der Waals surface area contributed by atoms with Gasteiger partial charge in [0.05, 0.1) is 13.1 Å².